The van der Waals surface area contributed by atoms with Crippen LogP contribution in [-0.4, -0.2) is 35.0 Å². The maximum Gasteiger partial charge on any atom is 0.119 e. The molecule has 0 N–H and O–H groups in total. The minimum atomic E-state index is -1.11. The lowest BCUT2D eigenvalue weighted by Gasteiger charge is -2.35. The summed E-state index contributed by atoms with van der Waals surface area (Å²) in [5.74, 6) is 0. The van der Waals surface area contributed by atoms with Crippen LogP contribution in [0, 0.1) is 0 Å². The van der Waals surface area contributed by atoms with E-state index in [1.165, 1.54) is 5.67 Å². The zero-order chi connectivity index (χ0) is 9.99. The Kier molecular flexibility index (Phi) is 3.94. The second-order valence-electron chi connectivity index (χ2n) is 5.08. The zero-order valence-corrected chi connectivity index (χ0v) is 11.4. The first-order valence-electron chi connectivity index (χ1n) is 4.52. The van der Waals surface area contributed by atoms with Crippen molar-refractivity contribution in [1.82, 2.24) is 4.57 Å². The molecule has 0 rings (SSSR count). The van der Waals surface area contributed by atoms with E-state index in [1.807, 2.05) is 0 Å². The lowest BCUT2D eigenvalue weighted by molar-refractivity contribution is 0.624. The molecule has 0 aliphatic rings. The highest BCUT2D eigenvalue weighted by atomic mass is 28.4. The van der Waals surface area contributed by atoms with Gasteiger partial charge in [0, 0.05) is 0 Å². The molecular weight excluding hydrogens is 178 g/mol. The van der Waals surface area contributed by atoms with Crippen LogP contribution >= 0.6 is 0 Å². The molecule has 0 aromatic carbocycles. The van der Waals surface area contributed by atoms with Crippen molar-refractivity contribution >= 4 is 16.3 Å². The van der Waals surface area contributed by atoms with E-state index < -0.39 is 16.3 Å². The molecule has 1 nitrogen and oxygen atoms in total. The molecule has 0 saturated heterocycles. The molecule has 0 aliphatic carbocycles. The van der Waals surface area contributed by atoms with Crippen molar-refractivity contribution in [2.45, 2.75) is 31.9 Å². The van der Waals surface area contributed by atoms with E-state index in [-0.39, 0.29) is 0 Å². The topological polar surface area (TPSA) is 3.24 Å². The van der Waals surface area contributed by atoms with Crippen molar-refractivity contribution < 1.29 is 0 Å². The Hall–Kier alpha value is 0.134. The Balaban J connectivity index is 4.33. The highest BCUT2D eigenvalue weighted by molar-refractivity contribution is 6.96. The molecule has 0 atom stereocenters. The molecule has 0 fully saturated rings. The Morgan fingerprint density at radius 3 is 1.83 bits per heavy atom. The second kappa shape index (κ2) is 3.89. The fourth-order valence-corrected chi connectivity index (χ4v) is 12.1. The van der Waals surface area contributed by atoms with Crippen LogP contribution in [-0.2, 0) is 0 Å². The van der Waals surface area contributed by atoms with Crippen molar-refractivity contribution in [2.24, 2.45) is 0 Å². The highest BCUT2D eigenvalue weighted by Gasteiger charge is 2.31. The van der Waals surface area contributed by atoms with Gasteiger partial charge in [-0.2, -0.15) is 0 Å². The molecule has 0 amide bonds. The third-order valence-corrected chi connectivity index (χ3v) is 13.3. The van der Waals surface area contributed by atoms with E-state index in [1.54, 1.807) is 0 Å². The molecule has 3 heteroatoms. The summed E-state index contributed by atoms with van der Waals surface area (Å²) in [6, 6.07) is 0. The molecule has 0 unspecified atom stereocenters. The quantitative estimate of drug-likeness (QED) is 0.632. The summed E-state index contributed by atoms with van der Waals surface area (Å²) in [6.07, 6.45) is 0. The van der Waals surface area contributed by atoms with Crippen molar-refractivity contribution in [3.05, 3.63) is 12.3 Å². The van der Waals surface area contributed by atoms with Crippen molar-refractivity contribution in [3.8, 4) is 0 Å². The first-order valence-corrected chi connectivity index (χ1v) is 11.0. The van der Waals surface area contributed by atoms with E-state index in [0.29, 0.717) is 0 Å². The Bertz CT molecular complexity index is 162. The summed E-state index contributed by atoms with van der Waals surface area (Å²) < 4.78 is 2.44. The number of rotatable bonds is 4. The van der Waals surface area contributed by atoms with Crippen molar-refractivity contribution in [3.63, 3.8) is 0 Å². The highest BCUT2D eigenvalue weighted by Crippen LogP contribution is 2.21. The molecule has 0 heterocycles. The fraction of sp³-hybridized carbons (Fsp3) is 0.778. The third-order valence-electron chi connectivity index (χ3n) is 2.65. The summed E-state index contributed by atoms with van der Waals surface area (Å²) in [4.78, 5) is 0. The van der Waals surface area contributed by atoms with Gasteiger partial charge in [-0.05, 0) is 19.8 Å². The van der Waals surface area contributed by atoms with Gasteiger partial charge >= 0.3 is 0 Å². The normalized spacial score (nSPS) is 13.6. The number of hydrogen-bond donors (Lipinski definition) is 0. The average molecular weight is 201 g/mol. The first-order chi connectivity index (χ1) is 5.21. The van der Waals surface area contributed by atoms with E-state index in [9.17, 15) is 0 Å². The monoisotopic (exact) mass is 201 g/mol. The molecular formula is C9H23NSi2. The van der Waals surface area contributed by atoms with Gasteiger partial charge in [0.1, 0.15) is 8.24 Å². The van der Waals surface area contributed by atoms with Crippen molar-refractivity contribution in [2.75, 3.05) is 14.1 Å². The van der Waals surface area contributed by atoms with Gasteiger partial charge in [-0.3, -0.25) is 0 Å². The molecule has 0 radical (unpaired) electrons. The SMILES string of the molecule is C=C[Si](C)(C)C[Si](C)(C)N(C)C. The Morgan fingerprint density at radius 2 is 1.58 bits per heavy atom. The molecule has 0 saturated carbocycles. The average Bonchev–Trinajstić information content (AvgIpc) is 1.85. The summed E-state index contributed by atoms with van der Waals surface area (Å²) >= 11 is 0. The van der Waals surface area contributed by atoms with Crippen LogP contribution < -0.4 is 0 Å². The standard InChI is InChI=1S/C9H23NSi2/c1-8-11(4,5)9-12(6,7)10(2)3/h8H,1,9H2,2-7H3. The molecule has 12 heavy (non-hydrogen) atoms. The molecule has 0 aromatic rings. The van der Waals surface area contributed by atoms with Crippen LogP contribution in [0.2, 0.25) is 31.9 Å². The van der Waals surface area contributed by atoms with Crippen LogP contribution in [0.3, 0.4) is 0 Å². The van der Waals surface area contributed by atoms with Gasteiger partial charge in [-0.15, -0.1) is 12.3 Å². The Morgan fingerprint density at radius 1 is 1.17 bits per heavy atom. The number of hydrogen-bond acceptors (Lipinski definition) is 1. The molecule has 0 aromatic heterocycles. The molecule has 72 valence electrons. The summed E-state index contributed by atoms with van der Waals surface area (Å²) in [7, 11) is 2.21. The summed E-state index contributed by atoms with van der Waals surface area (Å²) in [5.41, 5.74) is 3.63. The van der Waals surface area contributed by atoms with Crippen LogP contribution in [0.25, 0.3) is 0 Å². The number of nitrogens with zero attached hydrogens (tertiary/aromatic N) is 1. The molecule has 0 spiro atoms. The van der Waals surface area contributed by atoms with Gasteiger partial charge in [0.05, 0.1) is 8.07 Å². The lowest BCUT2D eigenvalue weighted by atomic mass is 11.3. The van der Waals surface area contributed by atoms with Gasteiger partial charge in [-0.25, -0.2) is 0 Å². The van der Waals surface area contributed by atoms with Gasteiger partial charge in [-0.1, -0.05) is 26.2 Å². The second-order valence-corrected chi connectivity index (χ2v) is 15.4. The van der Waals surface area contributed by atoms with Crippen LogP contribution in [0.5, 0.6) is 0 Å². The predicted molar refractivity (Wildman–Crippen MR) is 63.7 cm³/mol. The van der Waals surface area contributed by atoms with E-state index >= 15 is 0 Å². The lowest BCUT2D eigenvalue weighted by Crippen LogP contribution is -2.49. The maximum absolute atomic E-state index is 3.94. The van der Waals surface area contributed by atoms with Gasteiger partial charge in [0.15, 0.2) is 0 Å². The van der Waals surface area contributed by atoms with Crippen LogP contribution in [0.15, 0.2) is 12.3 Å². The maximum atomic E-state index is 3.94. The molecule has 0 bridgehead atoms. The summed E-state index contributed by atoms with van der Waals surface area (Å²) in [5, 5.41) is 0. The van der Waals surface area contributed by atoms with Gasteiger partial charge in [0.2, 0.25) is 0 Å². The minimum Gasteiger partial charge on any atom is -0.329 e. The van der Waals surface area contributed by atoms with E-state index in [0.717, 1.165) is 0 Å². The minimum absolute atomic E-state index is 1.09. The largest absolute Gasteiger partial charge is 0.329 e. The molecule has 0 aliphatic heterocycles. The smallest absolute Gasteiger partial charge is 0.119 e. The fourth-order valence-electron chi connectivity index (χ4n) is 1.35. The van der Waals surface area contributed by atoms with Gasteiger partial charge in [0.25, 0.3) is 0 Å². The summed E-state index contributed by atoms with van der Waals surface area (Å²) in [6.45, 7) is 13.6. The Labute approximate surface area is 79.6 Å². The van der Waals surface area contributed by atoms with E-state index in [4.69, 9.17) is 0 Å². The van der Waals surface area contributed by atoms with Crippen LogP contribution in [0.4, 0.5) is 0 Å². The first kappa shape index (κ1) is 12.1. The zero-order valence-electron chi connectivity index (χ0n) is 9.44. The van der Waals surface area contributed by atoms with Crippen molar-refractivity contribution in [1.29, 1.82) is 0 Å². The predicted octanol–water partition coefficient (Wildman–Crippen LogP) is 2.73. The van der Waals surface area contributed by atoms with E-state index in [2.05, 4.69) is 57.1 Å². The third kappa shape index (κ3) is 3.69. The van der Waals surface area contributed by atoms with Crippen LogP contribution in [0.1, 0.15) is 0 Å². The van der Waals surface area contributed by atoms with Gasteiger partial charge < -0.3 is 4.57 Å².